The standard InChI is InChI=1S/C13H21N3O2/c1-9-6-11(13(14)16-17)4-5-12(9)8-15-7-10(2)18-3/h4-6,10,15,17H,7-8H2,1-3H3,(H2,14,16). The molecule has 5 nitrogen and oxygen atoms in total. The molecular weight excluding hydrogens is 230 g/mol. The molecule has 1 aromatic rings. The number of oxime groups is 1. The number of aryl methyl sites for hydroxylation is 1. The van der Waals surface area contributed by atoms with Crippen LogP contribution in [0.5, 0.6) is 0 Å². The van der Waals surface area contributed by atoms with Crippen LogP contribution in [0.2, 0.25) is 0 Å². The van der Waals surface area contributed by atoms with Crippen LogP contribution in [0.15, 0.2) is 23.4 Å². The second-order valence-electron chi connectivity index (χ2n) is 4.30. The van der Waals surface area contributed by atoms with Crippen LogP contribution in [0.25, 0.3) is 0 Å². The first-order chi connectivity index (χ1) is 8.58. The van der Waals surface area contributed by atoms with Gasteiger partial charge in [-0.25, -0.2) is 0 Å². The highest BCUT2D eigenvalue weighted by molar-refractivity contribution is 5.97. The molecule has 0 aliphatic heterocycles. The fourth-order valence-electron chi connectivity index (χ4n) is 1.60. The van der Waals surface area contributed by atoms with Crippen LogP contribution in [0.4, 0.5) is 0 Å². The Hall–Kier alpha value is -1.59. The summed E-state index contributed by atoms with van der Waals surface area (Å²) in [5.41, 5.74) is 8.56. The Bertz CT molecular complexity index is 419. The predicted octanol–water partition coefficient (Wildman–Crippen LogP) is 1.21. The Morgan fingerprint density at radius 1 is 1.56 bits per heavy atom. The molecule has 0 saturated heterocycles. The van der Waals surface area contributed by atoms with Gasteiger partial charge in [-0.05, 0) is 31.0 Å². The number of nitrogens with zero attached hydrogens (tertiary/aromatic N) is 1. The summed E-state index contributed by atoms with van der Waals surface area (Å²) in [6.07, 6.45) is 0.196. The fourth-order valence-corrected chi connectivity index (χ4v) is 1.60. The van der Waals surface area contributed by atoms with Gasteiger partial charge in [0.15, 0.2) is 5.84 Å². The quantitative estimate of drug-likeness (QED) is 0.307. The zero-order chi connectivity index (χ0) is 13.5. The summed E-state index contributed by atoms with van der Waals surface area (Å²) in [4.78, 5) is 0. The average Bonchev–Trinajstić information content (AvgIpc) is 2.39. The number of nitrogens with one attached hydrogen (secondary N) is 1. The summed E-state index contributed by atoms with van der Waals surface area (Å²) < 4.78 is 5.16. The number of hydrogen-bond donors (Lipinski definition) is 3. The van der Waals surface area contributed by atoms with Gasteiger partial charge in [-0.2, -0.15) is 0 Å². The van der Waals surface area contributed by atoms with Gasteiger partial charge in [0.25, 0.3) is 0 Å². The molecule has 0 spiro atoms. The van der Waals surface area contributed by atoms with E-state index in [0.717, 1.165) is 24.2 Å². The maximum atomic E-state index is 8.61. The molecular formula is C13H21N3O2. The van der Waals surface area contributed by atoms with Gasteiger partial charge in [0.1, 0.15) is 0 Å². The second kappa shape index (κ2) is 6.98. The van der Waals surface area contributed by atoms with Gasteiger partial charge in [0, 0.05) is 25.8 Å². The molecule has 0 saturated carbocycles. The van der Waals surface area contributed by atoms with Crippen LogP contribution in [0.1, 0.15) is 23.6 Å². The maximum Gasteiger partial charge on any atom is 0.170 e. The highest BCUT2D eigenvalue weighted by Crippen LogP contribution is 2.11. The molecule has 0 amide bonds. The fraction of sp³-hybridized carbons (Fsp3) is 0.462. The molecule has 1 atom stereocenters. The molecule has 0 fully saturated rings. The second-order valence-corrected chi connectivity index (χ2v) is 4.30. The van der Waals surface area contributed by atoms with E-state index in [-0.39, 0.29) is 11.9 Å². The molecule has 100 valence electrons. The zero-order valence-electron chi connectivity index (χ0n) is 11.1. The lowest BCUT2D eigenvalue weighted by Crippen LogP contribution is -2.25. The van der Waals surface area contributed by atoms with E-state index in [2.05, 4.69) is 10.5 Å². The largest absolute Gasteiger partial charge is 0.409 e. The third-order valence-electron chi connectivity index (χ3n) is 2.90. The van der Waals surface area contributed by atoms with E-state index in [1.807, 2.05) is 32.0 Å². The molecule has 0 aliphatic carbocycles. The van der Waals surface area contributed by atoms with Crippen molar-refractivity contribution in [2.75, 3.05) is 13.7 Å². The number of ether oxygens (including phenoxy) is 1. The van der Waals surface area contributed by atoms with Crippen LogP contribution in [-0.4, -0.2) is 30.8 Å². The van der Waals surface area contributed by atoms with Crippen molar-refractivity contribution in [2.24, 2.45) is 10.9 Å². The van der Waals surface area contributed by atoms with Crippen molar-refractivity contribution in [1.82, 2.24) is 5.32 Å². The number of nitrogens with two attached hydrogens (primary N) is 1. The van der Waals surface area contributed by atoms with Gasteiger partial charge in [0.2, 0.25) is 0 Å². The predicted molar refractivity (Wildman–Crippen MR) is 71.9 cm³/mol. The maximum absolute atomic E-state index is 8.61. The minimum absolute atomic E-state index is 0.130. The van der Waals surface area contributed by atoms with E-state index in [0.29, 0.717) is 0 Å². The van der Waals surface area contributed by atoms with Crippen LogP contribution in [0.3, 0.4) is 0 Å². The Balaban J connectivity index is 2.63. The lowest BCUT2D eigenvalue weighted by atomic mass is 10.0. The SMILES string of the molecule is COC(C)CNCc1ccc(/C(N)=N/O)cc1C. The molecule has 1 aromatic carbocycles. The first-order valence-corrected chi connectivity index (χ1v) is 5.89. The summed E-state index contributed by atoms with van der Waals surface area (Å²) in [5.74, 6) is 0.130. The van der Waals surface area contributed by atoms with Crippen molar-refractivity contribution in [3.8, 4) is 0 Å². The number of rotatable bonds is 6. The van der Waals surface area contributed by atoms with Crippen molar-refractivity contribution in [2.45, 2.75) is 26.5 Å². The molecule has 1 unspecified atom stereocenters. The van der Waals surface area contributed by atoms with Crippen LogP contribution in [-0.2, 0) is 11.3 Å². The number of benzene rings is 1. The molecule has 0 aromatic heterocycles. The van der Waals surface area contributed by atoms with Crippen LogP contribution < -0.4 is 11.1 Å². The first-order valence-electron chi connectivity index (χ1n) is 5.89. The van der Waals surface area contributed by atoms with E-state index < -0.39 is 0 Å². The molecule has 5 heteroatoms. The molecule has 0 bridgehead atoms. The summed E-state index contributed by atoms with van der Waals surface area (Å²) in [6, 6.07) is 5.73. The van der Waals surface area contributed by atoms with E-state index in [9.17, 15) is 0 Å². The monoisotopic (exact) mass is 251 g/mol. The van der Waals surface area contributed by atoms with Crippen molar-refractivity contribution in [3.05, 3.63) is 34.9 Å². The minimum Gasteiger partial charge on any atom is -0.409 e. The van der Waals surface area contributed by atoms with E-state index in [1.54, 1.807) is 7.11 Å². The van der Waals surface area contributed by atoms with Gasteiger partial charge >= 0.3 is 0 Å². The van der Waals surface area contributed by atoms with Gasteiger partial charge in [-0.1, -0.05) is 17.3 Å². The average molecular weight is 251 g/mol. The molecule has 0 radical (unpaired) electrons. The van der Waals surface area contributed by atoms with Gasteiger partial charge in [0.05, 0.1) is 6.10 Å². The Kier molecular flexibility index (Phi) is 5.61. The Labute approximate surface area is 108 Å². The van der Waals surface area contributed by atoms with E-state index in [1.165, 1.54) is 5.56 Å². The van der Waals surface area contributed by atoms with Gasteiger partial charge in [-0.3, -0.25) is 0 Å². The zero-order valence-corrected chi connectivity index (χ0v) is 11.1. The van der Waals surface area contributed by atoms with Crippen molar-refractivity contribution >= 4 is 5.84 Å². The first kappa shape index (κ1) is 14.5. The number of hydrogen-bond acceptors (Lipinski definition) is 4. The summed E-state index contributed by atoms with van der Waals surface area (Å²) in [7, 11) is 1.70. The topological polar surface area (TPSA) is 79.9 Å². The molecule has 0 aliphatic rings. The van der Waals surface area contributed by atoms with Gasteiger partial charge < -0.3 is 21.0 Å². The van der Waals surface area contributed by atoms with Gasteiger partial charge in [-0.15, -0.1) is 0 Å². The highest BCUT2D eigenvalue weighted by Gasteiger charge is 2.04. The minimum atomic E-state index is 0.130. The Morgan fingerprint density at radius 3 is 2.83 bits per heavy atom. The van der Waals surface area contributed by atoms with Crippen molar-refractivity contribution < 1.29 is 9.94 Å². The molecule has 0 heterocycles. The molecule has 18 heavy (non-hydrogen) atoms. The van der Waals surface area contributed by atoms with E-state index in [4.69, 9.17) is 15.7 Å². The van der Waals surface area contributed by atoms with E-state index >= 15 is 0 Å². The summed E-state index contributed by atoms with van der Waals surface area (Å²) in [5, 5.41) is 14.9. The third kappa shape index (κ3) is 4.01. The van der Waals surface area contributed by atoms with Crippen LogP contribution in [0, 0.1) is 6.92 Å². The molecule has 1 rings (SSSR count). The summed E-state index contributed by atoms with van der Waals surface area (Å²) >= 11 is 0. The van der Waals surface area contributed by atoms with Crippen LogP contribution >= 0.6 is 0 Å². The van der Waals surface area contributed by atoms with Crippen molar-refractivity contribution in [1.29, 1.82) is 0 Å². The highest BCUT2D eigenvalue weighted by atomic mass is 16.5. The number of amidine groups is 1. The lowest BCUT2D eigenvalue weighted by Gasteiger charge is -2.12. The van der Waals surface area contributed by atoms with Crippen molar-refractivity contribution in [3.63, 3.8) is 0 Å². The lowest BCUT2D eigenvalue weighted by molar-refractivity contribution is 0.117. The Morgan fingerprint density at radius 2 is 2.28 bits per heavy atom. The summed E-state index contributed by atoms with van der Waals surface area (Å²) in [6.45, 7) is 5.60. The third-order valence-corrected chi connectivity index (χ3v) is 2.90. The molecule has 4 N–H and O–H groups in total. The smallest absolute Gasteiger partial charge is 0.170 e. The number of methoxy groups -OCH3 is 1. The normalized spacial score (nSPS) is 13.6.